The number of aromatic nitrogens is 1. The van der Waals surface area contributed by atoms with E-state index in [9.17, 15) is 0 Å². The molecule has 2 nitrogen and oxygen atoms in total. The number of pyridine rings is 1. The molecule has 0 aliphatic heterocycles. The van der Waals surface area contributed by atoms with Crippen molar-refractivity contribution in [3.63, 3.8) is 0 Å². The Balaban J connectivity index is 2.27. The predicted molar refractivity (Wildman–Crippen MR) is 78.0 cm³/mol. The second kappa shape index (κ2) is 6.01. The molecule has 0 bridgehead atoms. The summed E-state index contributed by atoms with van der Waals surface area (Å²) in [4.78, 5) is 7.02. The van der Waals surface area contributed by atoms with Crippen molar-refractivity contribution in [1.82, 2.24) is 4.98 Å². The monoisotopic (exact) mass is 292 g/mol. The third-order valence-electron chi connectivity index (χ3n) is 2.85. The molecular weight excluding hydrogens is 276 g/mol. The molecule has 0 spiro atoms. The molecular formula is C14H17BrN2. The van der Waals surface area contributed by atoms with E-state index >= 15 is 0 Å². The van der Waals surface area contributed by atoms with Gasteiger partial charge in [0, 0.05) is 23.8 Å². The number of hydrogen-bond acceptors (Lipinski definition) is 2. The minimum absolute atomic E-state index is 0.998. The van der Waals surface area contributed by atoms with Gasteiger partial charge in [0.15, 0.2) is 0 Å². The summed E-state index contributed by atoms with van der Waals surface area (Å²) in [6, 6.07) is 12.5. The molecule has 0 saturated heterocycles. The van der Waals surface area contributed by atoms with E-state index in [4.69, 9.17) is 4.98 Å². The van der Waals surface area contributed by atoms with Gasteiger partial charge in [0.25, 0.3) is 0 Å². The lowest BCUT2D eigenvalue weighted by Crippen LogP contribution is -2.25. The average Bonchev–Trinajstić information content (AvgIpc) is 2.39. The van der Waals surface area contributed by atoms with Crippen LogP contribution in [0.15, 0.2) is 36.4 Å². The zero-order chi connectivity index (χ0) is 12.1. The van der Waals surface area contributed by atoms with Gasteiger partial charge in [0.05, 0.1) is 5.52 Å². The Morgan fingerprint density at radius 2 is 2.00 bits per heavy atom. The first-order valence-electron chi connectivity index (χ1n) is 6.02. The molecule has 1 aromatic heterocycles. The van der Waals surface area contributed by atoms with Gasteiger partial charge in [-0.15, -0.1) is 0 Å². The summed E-state index contributed by atoms with van der Waals surface area (Å²) in [7, 11) is 0. The first kappa shape index (κ1) is 12.4. The molecule has 2 aromatic rings. The second-order valence-corrected chi connectivity index (χ2v) is 4.78. The standard InChI is InChI=1S/C14H17BrN2/c1-2-17(11-5-10-15)14-9-8-12-6-3-4-7-13(12)16-14/h3-4,6-9H,2,5,10-11H2,1H3. The van der Waals surface area contributed by atoms with Gasteiger partial charge in [-0.25, -0.2) is 4.98 Å². The van der Waals surface area contributed by atoms with Crippen LogP contribution in [0.2, 0.25) is 0 Å². The van der Waals surface area contributed by atoms with Crippen molar-refractivity contribution < 1.29 is 0 Å². The van der Waals surface area contributed by atoms with Crippen LogP contribution in [-0.2, 0) is 0 Å². The lowest BCUT2D eigenvalue weighted by Gasteiger charge is -2.21. The molecule has 0 N–H and O–H groups in total. The van der Waals surface area contributed by atoms with Crippen LogP contribution in [0.5, 0.6) is 0 Å². The van der Waals surface area contributed by atoms with Crippen molar-refractivity contribution in [2.45, 2.75) is 13.3 Å². The fraction of sp³-hybridized carbons (Fsp3) is 0.357. The molecule has 1 aromatic carbocycles. The molecule has 0 amide bonds. The van der Waals surface area contributed by atoms with Crippen LogP contribution in [0.1, 0.15) is 13.3 Å². The SMILES string of the molecule is CCN(CCCBr)c1ccc2ccccc2n1. The van der Waals surface area contributed by atoms with Crippen molar-refractivity contribution >= 4 is 32.7 Å². The average molecular weight is 293 g/mol. The fourth-order valence-corrected chi connectivity index (χ4v) is 2.17. The van der Waals surface area contributed by atoms with Crippen LogP contribution in [0, 0.1) is 0 Å². The zero-order valence-corrected chi connectivity index (χ0v) is 11.7. The number of fused-ring (bicyclic) bond motifs is 1. The van der Waals surface area contributed by atoms with E-state index in [-0.39, 0.29) is 0 Å². The first-order valence-corrected chi connectivity index (χ1v) is 7.14. The molecule has 1 heterocycles. The van der Waals surface area contributed by atoms with Crippen LogP contribution >= 0.6 is 15.9 Å². The molecule has 0 fully saturated rings. The fourth-order valence-electron chi connectivity index (χ4n) is 1.92. The number of benzene rings is 1. The van der Waals surface area contributed by atoms with Crippen molar-refractivity contribution in [1.29, 1.82) is 0 Å². The smallest absolute Gasteiger partial charge is 0.129 e. The van der Waals surface area contributed by atoms with Gasteiger partial charge in [-0.2, -0.15) is 0 Å². The van der Waals surface area contributed by atoms with E-state index in [1.54, 1.807) is 0 Å². The molecule has 0 unspecified atom stereocenters. The summed E-state index contributed by atoms with van der Waals surface area (Å²) in [5.41, 5.74) is 1.07. The molecule has 17 heavy (non-hydrogen) atoms. The largest absolute Gasteiger partial charge is 0.357 e. The van der Waals surface area contributed by atoms with E-state index in [0.717, 1.165) is 36.2 Å². The molecule has 3 heteroatoms. The topological polar surface area (TPSA) is 16.1 Å². The number of rotatable bonds is 5. The molecule has 0 saturated carbocycles. The van der Waals surface area contributed by atoms with Gasteiger partial charge in [-0.3, -0.25) is 0 Å². The van der Waals surface area contributed by atoms with Crippen LogP contribution in [-0.4, -0.2) is 23.4 Å². The third kappa shape index (κ3) is 2.97. The van der Waals surface area contributed by atoms with Crippen molar-refractivity contribution in [2.24, 2.45) is 0 Å². The highest BCUT2D eigenvalue weighted by atomic mass is 79.9. The van der Waals surface area contributed by atoms with Gasteiger partial charge in [-0.1, -0.05) is 34.1 Å². The Hall–Kier alpha value is -1.09. The summed E-state index contributed by atoms with van der Waals surface area (Å²) in [6.07, 6.45) is 1.14. The highest BCUT2D eigenvalue weighted by Gasteiger charge is 2.05. The van der Waals surface area contributed by atoms with Crippen LogP contribution in [0.25, 0.3) is 10.9 Å². The number of hydrogen-bond donors (Lipinski definition) is 0. The van der Waals surface area contributed by atoms with Crippen molar-refractivity contribution in [3.05, 3.63) is 36.4 Å². The van der Waals surface area contributed by atoms with Gasteiger partial charge in [0.1, 0.15) is 5.82 Å². The van der Waals surface area contributed by atoms with E-state index in [1.165, 1.54) is 5.39 Å². The van der Waals surface area contributed by atoms with Gasteiger partial charge in [0.2, 0.25) is 0 Å². The molecule has 0 aliphatic rings. The molecule has 90 valence electrons. The summed E-state index contributed by atoms with van der Waals surface area (Å²) < 4.78 is 0. The predicted octanol–water partition coefficient (Wildman–Crippen LogP) is 3.85. The maximum Gasteiger partial charge on any atom is 0.129 e. The van der Waals surface area contributed by atoms with Crippen molar-refractivity contribution in [3.8, 4) is 0 Å². The Bertz CT molecular complexity index is 484. The number of nitrogens with zero attached hydrogens (tertiary/aromatic N) is 2. The summed E-state index contributed by atoms with van der Waals surface area (Å²) in [6.45, 7) is 4.22. The third-order valence-corrected chi connectivity index (χ3v) is 3.41. The number of halogens is 1. The van der Waals surface area contributed by atoms with Crippen LogP contribution in [0.4, 0.5) is 5.82 Å². The quantitative estimate of drug-likeness (QED) is 0.778. The Morgan fingerprint density at radius 1 is 1.18 bits per heavy atom. The normalized spacial score (nSPS) is 10.7. The summed E-state index contributed by atoms with van der Waals surface area (Å²) >= 11 is 3.47. The zero-order valence-electron chi connectivity index (χ0n) is 10.1. The lowest BCUT2D eigenvalue weighted by atomic mass is 10.2. The second-order valence-electron chi connectivity index (χ2n) is 3.98. The minimum Gasteiger partial charge on any atom is -0.357 e. The lowest BCUT2D eigenvalue weighted by molar-refractivity contribution is 0.787. The Kier molecular flexibility index (Phi) is 4.37. The minimum atomic E-state index is 0.998. The number of para-hydroxylation sites is 1. The van der Waals surface area contributed by atoms with Crippen molar-refractivity contribution in [2.75, 3.05) is 23.3 Å². The van der Waals surface area contributed by atoms with Gasteiger partial charge in [-0.05, 0) is 31.5 Å². The van der Waals surface area contributed by atoms with E-state index in [1.807, 2.05) is 12.1 Å². The van der Waals surface area contributed by atoms with Crippen LogP contribution in [0.3, 0.4) is 0 Å². The first-order chi connectivity index (χ1) is 8.35. The van der Waals surface area contributed by atoms with E-state index in [0.29, 0.717) is 0 Å². The number of alkyl halides is 1. The maximum atomic E-state index is 4.71. The van der Waals surface area contributed by atoms with E-state index < -0.39 is 0 Å². The molecule has 0 aliphatic carbocycles. The summed E-state index contributed by atoms with van der Waals surface area (Å²) in [5, 5.41) is 2.24. The number of anilines is 1. The molecule has 0 radical (unpaired) electrons. The Labute approximate surface area is 111 Å². The summed E-state index contributed by atoms with van der Waals surface area (Å²) in [5.74, 6) is 1.08. The molecule has 2 rings (SSSR count). The Morgan fingerprint density at radius 3 is 2.76 bits per heavy atom. The van der Waals surface area contributed by atoms with Gasteiger partial charge >= 0.3 is 0 Å². The highest BCUT2D eigenvalue weighted by molar-refractivity contribution is 9.09. The van der Waals surface area contributed by atoms with Gasteiger partial charge < -0.3 is 4.90 Å². The maximum absolute atomic E-state index is 4.71. The van der Waals surface area contributed by atoms with Crippen LogP contribution < -0.4 is 4.90 Å². The van der Waals surface area contributed by atoms with E-state index in [2.05, 4.69) is 52.0 Å². The highest BCUT2D eigenvalue weighted by Crippen LogP contribution is 2.18. The molecule has 0 atom stereocenters.